The minimum absolute atomic E-state index is 0.239. The summed E-state index contributed by atoms with van der Waals surface area (Å²) in [5.41, 5.74) is 2.91. The van der Waals surface area contributed by atoms with Crippen molar-refractivity contribution < 1.29 is 9.57 Å². The van der Waals surface area contributed by atoms with Gasteiger partial charge in [-0.3, -0.25) is 0 Å². The SMILES string of the molecule is CNCCON=C1c2ccc(Br)cc2OC2(c3ccccc3)CC12. The van der Waals surface area contributed by atoms with Crippen LogP contribution in [-0.2, 0) is 10.4 Å². The van der Waals surface area contributed by atoms with Gasteiger partial charge in [0.2, 0.25) is 0 Å². The smallest absolute Gasteiger partial charge is 0.143 e. The molecule has 0 saturated heterocycles. The Balaban J connectivity index is 1.72. The van der Waals surface area contributed by atoms with Gasteiger partial charge in [0.15, 0.2) is 0 Å². The number of rotatable bonds is 5. The Labute approximate surface area is 150 Å². The van der Waals surface area contributed by atoms with Crippen molar-refractivity contribution in [2.24, 2.45) is 11.1 Å². The van der Waals surface area contributed by atoms with Crippen molar-refractivity contribution >= 4 is 21.6 Å². The van der Waals surface area contributed by atoms with Crippen LogP contribution in [0.4, 0.5) is 0 Å². The lowest BCUT2D eigenvalue weighted by molar-refractivity contribution is 0.139. The van der Waals surface area contributed by atoms with Crippen molar-refractivity contribution in [2.75, 3.05) is 20.2 Å². The fraction of sp³-hybridized carbons (Fsp3) is 0.316. The fourth-order valence-electron chi connectivity index (χ4n) is 3.32. The van der Waals surface area contributed by atoms with Crippen LogP contribution < -0.4 is 10.1 Å². The first kappa shape index (κ1) is 15.7. The van der Waals surface area contributed by atoms with E-state index in [1.165, 1.54) is 5.56 Å². The maximum Gasteiger partial charge on any atom is 0.143 e. The molecule has 4 nitrogen and oxygen atoms in total. The molecule has 1 aliphatic heterocycles. The Bertz CT molecular complexity index is 778. The third-order valence-electron chi connectivity index (χ3n) is 4.62. The second-order valence-electron chi connectivity index (χ2n) is 6.17. The Hall–Kier alpha value is -1.85. The summed E-state index contributed by atoms with van der Waals surface area (Å²) in [6.45, 7) is 1.33. The zero-order chi connectivity index (χ0) is 16.6. The lowest BCUT2D eigenvalue weighted by atomic mass is 9.96. The van der Waals surface area contributed by atoms with E-state index in [1.807, 2.05) is 31.3 Å². The molecule has 5 heteroatoms. The van der Waals surface area contributed by atoms with Gasteiger partial charge in [0.05, 0.1) is 11.6 Å². The van der Waals surface area contributed by atoms with Gasteiger partial charge in [-0.1, -0.05) is 51.4 Å². The molecule has 1 fully saturated rings. The first-order chi connectivity index (χ1) is 11.7. The van der Waals surface area contributed by atoms with E-state index >= 15 is 0 Å². The average Bonchev–Trinajstić information content (AvgIpc) is 3.34. The molecule has 4 rings (SSSR count). The van der Waals surface area contributed by atoms with Crippen LogP contribution in [0.2, 0.25) is 0 Å². The first-order valence-corrected chi connectivity index (χ1v) is 8.93. The van der Waals surface area contributed by atoms with Crippen LogP contribution in [-0.4, -0.2) is 25.9 Å². The van der Waals surface area contributed by atoms with Gasteiger partial charge in [0, 0.05) is 23.0 Å². The van der Waals surface area contributed by atoms with Crippen LogP contribution in [0.3, 0.4) is 0 Å². The molecule has 1 saturated carbocycles. The number of benzene rings is 2. The van der Waals surface area contributed by atoms with Crippen molar-refractivity contribution in [1.82, 2.24) is 5.32 Å². The van der Waals surface area contributed by atoms with Crippen molar-refractivity contribution in [1.29, 1.82) is 0 Å². The van der Waals surface area contributed by atoms with Crippen molar-refractivity contribution in [2.45, 2.75) is 12.0 Å². The van der Waals surface area contributed by atoms with Gasteiger partial charge in [0.1, 0.15) is 18.0 Å². The summed E-state index contributed by atoms with van der Waals surface area (Å²) in [5.74, 6) is 1.10. The average molecular weight is 387 g/mol. The Morgan fingerprint density at radius 3 is 2.92 bits per heavy atom. The topological polar surface area (TPSA) is 42.8 Å². The third kappa shape index (κ3) is 2.62. The summed E-state index contributed by atoms with van der Waals surface area (Å²) in [6.07, 6.45) is 0.928. The van der Waals surface area contributed by atoms with Crippen molar-refractivity contribution in [3.63, 3.8) is 0 Å². The second-order valence-corrected chi connectivity index (χ2v) is 7.08. The van der Waals surface area contributed by atoms with E-state index in [0.717, 1.165) is 34.5 Å². The third-order valence-corrected chi connectivity index (χ3v) is 5.11. The molecule has 0 bridgehead atoms. The van der Waals surface area contributed by atoms with Gasteiger partial charge < -0.3 is 14.9 Å². The van der Waals surface area contributed by atoms with Crippen LogP contribution in [0.1, 0.15) is 17.5 Å². The monoisotopic (exact) mass is 386 g/mol. The van der Waals surface area contributed by atoms with Crippen LogP contribution in [0, 0.1) is 5.92 Å². The zero-order valence-corrected chi connectivity index (χ0v) is 15.0. The van der Waals surface area contributed by atoms with Gasteiger partial charge in [-0.05, 0) is 30.8 Å². The number of nitrogens with one attached hydrogen (secondary N) is 1. The van der Waals surface area contributed by atoms with Gasteiger partial charge in [-0.2, -0.15) is 0 Å². The fourth-order valence-corrected chi connectivity index (χ4v) is 3.66. The Morgan fingerprint density at radius 1 is 1.29 bits per heavy atom. The number of likely N-dealkylation sites (N-methyl/N-ethyl adjacent to an activating group) is 1. The molecule has 2 aromatic rings. The van der Waals surface area contributed by atoms with Crippen LogP contribution >= 0.6 is 15.9 Å². The maximum atomic E-state index is 6.44. The largest absolute Gasteiger partial charge is 0.481 e. The van der Waals surface area contributed by atoms with Crippen LogP contribution in [0.25, 0.3) is 0 Å². The number of hydrogen-bond acceptors (Lipinski definition) is 4. The molecular formula is C19H19BrN2O2. The molecule has 2 aromatic carbocycles. The molecule has 2 atom stereocenters. The van der Waals surface area contributed by atoms with Crippen LogP contribution in [0.5, 0.6) is 5.75 Å². The summed E-state index contributed by atoms with van der Waals surface area (Å²) in [4.78, 5) is 5.54. The molecule has 2 unspecified atom stereocenters. The minimum Gasteiger partial charge on any atom is -0.481 e. The quantitative estimate of drug-likeness (QED) is 0.629. The molecule has 0 amide bonds. The number of nitrogens with zero attached hydrogens (tertiary/aromatic N) is 1. The van der Waals surface area contributed by atoms with Crippen LogP contribution in [0.15, 0.2) is 58.2 Å². The highest BCUT2D eigenvalue weighted by Gasteiger charge is 2.64. The standard InChI is InChI=1S/C19H19BrN2O2/c1-21-9-10-23-22-18-15-8-7-14(20)11-17(15)24-19(12-16(18)19)13-5-3-2-4-6-13/h2-8,11,16,21H,9-10,12H2,1H3. The van der Waals surface area contributed by atoms with Crippen molar-refractivity contribution in [3.8, 4) is 5.75 Å². The lowest BCUT2D eigenvalue weighted by Crippen LogP contribution is -2.28. The van der Waals surface area contributed by atoms with E-state index in [2.05, 4.69) is 50.7 Å². The summed E-state index contributed by atoms with van der Waals surface area (Å²) in [7, 11) is 1.90. The Kier molecular flexibility index (Phi) is 4.06. The molecule has 2 aliphatic rings. The van der Waals surface area contributed by atoms with E-state index in [9.17, 15) is 0 Å². The van der Waals surface area contributed by atoms with E-state index in [0.29, 0.717) is 6.61 Å². The van der Waals surface area contributed by atoms with E-state index in [4.69, 9.17) is 9.57 Å². The number of hydrogen-bond donors (Lipinski definition) is 1. The highest BCUT2D eigenvalue weighted by atomic mass is 79.9. The van der Waals surface area contributed by atoms with Gasteiger partial charge >= 0.3 is 0 Å². The molecule has 1 aliphatic carbocycles. The van der Waals surface area contributed by atoms with Crippen molar-refractivity contribution in [3.05, 3.63) is 64.1 Å². The molecule has 124 valence electrons. The summed E-state index contributed by atoms with van der Waals surface area (Å²) in [5, 5.41) is 7.53. The second kappa shape index (κ2) is 6.22. The molecule has 1 N–H and O–H groups in total. The summed E-state index contributed by atoms with van der Waals surface area (Å²) in [6, 6.07) is 16.5. The molecule has 1 heterocycles. The molecular weight excluding hydrogens is 368 g/mol. The maximum absolute atomic E-state index is 6.44. The van der Waals surface area contributed by atoms with Gasteiger partial charge in [-0.25, -0.2) is 0 Å². The van der Waals surface area contributed by atoms with Gasteiger partial charge in [0.25, 0.3) is 0 Å². The van der Waals surface area contributed by atoms with E-state index in [-0.39, 0.29) is 11.5 Å². The number of oxime groups is 1. The zero-order valence-electron chi connectivity index (χ0n) is 13.5. The predicted molar refractivity (Wildman–Crippen MR) is 97.4 cm³/mol. The predicted octanol–water partition coefficient (Wildman–Crippen LogP) is 3.70. The minimum atomic E-state index is -0.305. The summed E-state index contributed by atoms with van der Waals surface area (Å²) >= 11 is 3.53. The summed E-state index contributed by atoms with van der Waals surface area (Å²) < 4.78 is 7.44. The normalized spacial score (nSPS) is 25.6. The lowest BCUT2D eigenvalue weighted by Gasteiger charge is -2.27. The molecule has 24 heavy (non-hydrogen) atoms. The molecule has 0 radical (unpaired) electrons. The number of halogens is 1. The van der Waals surface area contributed by atoms with Gasteiger partial charge in [-0.15, -0.1) is 0 Å². The van der Waals surface area contributed by atoms with E-state index < -0.39 is 0 Å². The highest BCUT2D eigenvalue weighted by Crippen LogP contribution is 2.60. The Morgan fingerprint density at radius 2 is 2.12 bits per heavy atom. The molecule has 0 aromatic heterocycles. The highest BCUT2D eigenvalue weighted by molar-refractivity contribution is 9.10. The number of ether oxygens (including phenoxy) is 1. The first-order valence-electron chi connectivity index (χ1n) is 8.13. The molecule has 0 spiro atoms. The van der Waals surface area contributed by atoms with E-state index in [1.54, 1.807) is 0 Å². The number of fused-ring (bicyclic) bond motifs is 2.